The molecule has 0 radical (unpaired) electrons. The third-order valence-electron chi connectivity index (χ3n) is 5.61. The summed E-state index contributed by atoms with van der Waals surface area (Å²) in [6, 6.07) is 23.3. The molecular weight excluding hydrogens is 471 g/mol. The number of hydrogen-bond acceptors (Lipinski definition) is 3. The van der Waals surface area contributed by atoms with E-state index >= 15 is 0 Å². The Bertz CT molecular complexity index is 1140. The lowest BCUT2D eigenvalue weighted by atomic mass is 10.0. The number of thioether (sulfide) groups is 1. The number of amides is 2. The van der Waals surface area contributed by atoms with Gasteiger partial charge in [-0.15, -0.1) is 11.8 Å². The van der Waals surface area contributed by atoms with Crippen molar-refractivity contribution in [2.45, 2.75) is 58.0 Å². The van der Waals surface area contributed by atoms with Crippen LogP contribution in [0.25, 0.3) is 0 Å². The van der Waals surface area contributed by atoms with Crippen molar-refractivity contribution in [2.24, 2.45) is 0 Å². The van der Waals surface area contributed by atoms with E-state index in [0.29, 0.717) is 12.2 Å². The van der Waals surface area contributed by atoms with E-state index in [0.717, 1.165) is 16.7 Å². The van der Waals surface area contributed by atoms with Gasteiger partial charge >= 0.3 is 0 Å². The first-order valence-electron chi connectivity index (χ1n) is 12.1. The number of rotatable bonds is 10. The Morgan fingerprint density at radius 2 is 1.58 bits per heavy atom. The van der Waals surface area contributed by atoms with E-state index < -0.39 is 11.6 Å². The van der Waals surface area contributed by atoms with Crippen LogP contribution in [0.4, 0.5) is 4.39 Å². The number of aryl methyl sites for hydroxylation is 1. The molecule has 3 rings (SSSR count). The number of carbonyl (C=O) groups is 2. The summed E-state index contributed by atoms with van der Waals surface area (Å²) in [7, 11) is 0. The fraction of sp³-hybridized carbons (Fsp3) is 0.333. The first-order chi connectivity index (χ1) is 17.1. The molecule has 36 heavy (non-hydrogen) atoms. The molecule has 0 saturated heterocycles. The molecule has 190 valence electrons. The van der Waals surface area contributed by atoms with Crippen LogP contribution in [0.5, 0.6) is 0 Å². The lowest BCUT2D eigenvalue weighted by molar-refractivity contribution is -0.140. The highest BCUT2D eigenvalue weighted by molar-refractivity contribution is 7.99. The maximum absolute atomic E-state index is 13.6. The quantitative estimate of drug-likeness (QED) is 0.371. The zero-order valence-electron chi connectivity index (χ0n) is 21.5. The van der Waals surface area contributed by atoms with E-state index in [1.165, 1.54) is 29.5 Å². The molecule has 1 atom stereocenters. The molecule has 0 aliphatic rings. The van der Waals surface area contributed by atoms with Gasteiger partial charge in [-0.25, -0.2) is 4.39 Å². The lowest BCUT2D eigenvalue weighted by Gasteiger charge is -2.34. The number of benzene rings is 3. The van der Waals surface area contributed by atoms with Crippen LogP contribution in [0, 0.1) is 12.7 Å². The van der Waals surface area contributed by atoms with Crippen LogP contribution in [-0.4, -0.2) is 34.0 Å². The molecule has 0 heterocycles. The van der Waals surface area contributed by atoms with Crippen molar-refractivity contribution in [1.29, 1.82) is 0 Å². The van der Waals surface area contributed by atoms with Crippen molar-refractivity contribution < 1.29 is 14.0 Å². The summed E-state index contributed by atoms with van der Waals surface area (Å²) in [6.07, 6.45) is 0.387. The molecule has 0 aliphatic carbocycles. The number of halogens is 1. The molecule has 1 unspecified atom stereocenters. The number of hydrogen-bond donors (Lipinski definition) is 1. The summed E-state index contributed by atoms with van der Waals surface area (Å²) >= 11 is 1.53. The first kappa shape index (κ1) is 27.5. The van der Waals surface area contributed by atoms with E-state index in [9.17, 15) is 14.0 Å². The summed E-state index contributed by atoms with van der Waals surface area (Å²) in [5.41, 5.74) is 3.63. The average Bonchev–Trinajstić information content (AvgIpc) is 2.82. The largest absolute Gasteiger partial charge is 0.350 e. The molecule has 4 nitrogen and oxygen atoms in total. The van der Waals surface area contributed by atoms with Gasteiger partial charge in [0.1, 0.15) is 11.9 Å². The molecule has 0 fully saturated rings. The minimum atomic E-state index is -0.705. The van der Waals surface area contributed by atoms with Gasteiger partial charge in [0, 0.05) is 24.3 Å². The van der Waals surface area contributed by atoms with Gasteiger partial charge in [-0.05, 0) is 56.5 Å². The molecular formula is C30H35FN2O2S. The second-order valence-electron chi connectivity index (χ2n) is 10.1. The SMILES string of the molecule is Cc1cccc(CSCC(=O)N(Cc2ccc(F)cc2)C(Cc2ccccc2)C(=O)NC(C)(C)C)c1. The zero-order valence-corrected chi connectivity index (χ0v) is 22.3. The third kappa shape index (κ3) is 8.83. The Morgan fingerprint density at radius 3 is 2.22 bits per heavy atom. The van der Waals surface area contributed by atoms with Crippen LogP contribution in [0.15, 0.2) is 78.9 Å². The molecule has 0 aliphatic heterocycles. The summed E-state index contributed by atoms with van der Waals surface area (Å²) < 4.78 is 13.6. The second-order valence-corrected chi connectivity index (χ2v) is 11.1. The van der Waals surface area contributed by atoms with E-state index in [1.807, 2.05) is 70.2 Å². The highest BCUT2D eigenvalue weighted by Crippen LogP contribution is 2.20. The number of nitrogens with zero attached hydrogens (tertiary/aromatic N) is 1. The van der Waals surface area contributed by atoms with Crippen LogP contribution in [0.2, 0.25) is 0 Å². The monoisotopic (exact) mass is 506 g/mol. The van der Waals surface area contributed by atoms with Crippen LogP contribution < -0.4 is 5.32 Å². The van der Waals surface area contributed by atoms with Crippen molar-refractivity contribution >= 4 is 23.6 Å². The molecule has 0 spiro atoms. The normalized spacial score (nSPS) is 12.1. The smallest absolute Gasteiger partial charge is 0.243 e. The molecule has 0 saturated carbocycles. The highest BCUT2D eigenvalue weighted by atomic mass is 32.2. The molecule has 3 aromatic rings. The van der Waals surface area contributed by atoms with Crippen molar-refractivity contribution in [3.8, 4) is 0 Å². The number of nitrogens with one attached hydrogen (secondary N) is 1. The average molecular weight is 507 g/mol. The molecule has 3 aromatic carbocycles. The van der Waals surface area contributed by atoms with Gasteiger partial charge in [0.25, 0.3) is 0 Å². The topological polar surface area (TPSA) is 49.4 Å². The van der Waals surface area contributed by atoms with Gasteiger partial charge in [-0.2, -0.15) is 0 Å². The van der Waals surface area contributed by atoms with Crippen LogP contribution in [0.1, 0.15) is 43.0 Å². The Hall–Kier alpha value is -3.12. The summed E-state index contributed by atoms with van der Waals surface area (Å²) in [5.74, 6) is 0.280. The van der Waals surface area contributed by atoms with Crippen molar-refractivity contribution in [2.75, 3.05) is 5.75 Å². The summed E-state index contributed by atoms with van der Waals surface area (Å²) in [5, 5.41) is 3.06. The van der Waals surface area contributed by atoms with E-state index in [1.54, 1.807) is 17.0 Å². The minimum Gasteiger partial charge on any atom is -0.350 e. The van der Waals surface area contributed by atoms with Gasteiger partial charge in [0.05, 0.1) is 5.75 Å². The van der Waals surface area contributed by atoms with Gasteiger partial charge in [-0.3, -0.25) is 9.59 Å². The van der Waals surface area contributed by atoms with Gasteiger partial charge < -0.3 is 10.2 Å². The van der Waals surface area contributed by atoms with Crippen LogP contribution in [-0.2, 0) is 28.3 Å². The highest BCUT2D eigenvalue weighted by Gasteiger charge is 2.32. The molecule has 0 bridgehead atoms. The Labute approximate surface area is 218 Å². The Morgan fingerprint density at radius 1 is 0.917 bits per heavy atom. The van der Waals surface area contributed by atoms with E-state index in [4.69, 9.17) is 0 Å². The Kier molecular flexibility index (Phi) is 9.71. The van der Waals surface area contributed by atoms with Crippen molar-refractivity contribution in [3.63, 3.8) is 0 Å². The third-order valence-corrected chi connectivity index (χ3v) is 6.60. The number of carbonyl (C=O) groups excluding carboxylic acids is 2. The fourth-order valence-corrected chi connectivity index (χ4v) is 4.79. The van der Waals surface area contributed by atoms with Gasteiger partial charge in [0.2, 0.25) is 11.8 Å². The van der Waals surface area contributed by atoms with E-state index in [-0.39, 0.29) is 29.9 Å². The van der Waals surface area contributed by atoms with E-state index in [2.05, 4.69) is 17.4 Å². The van der Waals surface area contributed by atoms with Crippen LogP contribution >= 0.6 is 11.8 Å². The zero-order chi connectivity index (χ0) is 26.1. The lowest BCUT2D eigenvalue weighted by Crippen LogP contribution is -2.54. The molecule has 0 aromatic heterocycles. The predicted molar refractivity (Wildman–Crippen MR) is 146 cm³/mol. The van der Waals surface area contributed by atoms with Crippen LogP contribution in [0.3, 0.4) is 0 Å². The standard InChI is InChI=1S/C30H35FN2O2S/c1-22-9-8-12-25(17-22)20-36-21-28(34)33(19-24-13-15-26(31)16-14-24)27(29(35)32-30(2,3)4)18-23-10-6-5-7-11-23/h5-17,27H,18-21H2,1-4H3,(H,32,35). The predicted octanol–water partition coefficient (Wildman–Crippen LogP) is 5.92. The fourth-order valence-electron chi connectivity index (χ4n) is 3.93. The molecule has 2 amide bonds. The van der Waals surface area contributed by atoms with Crippen molar-refractivity contribution in [3.05, 3.63) is 107 Å². The second kappa shape index (κ2) is 12.7. The Balaban J connectivity index is 1.86. The van der Waals surface area contributed by atoms with Gasteiger partial charge in [0.15, 0.2) is 0 Å². The molecule has 1 N–H and O–H groups in total. The van der Waals surface area contributed by atoms with Gasteiger partial charge in [-0.1, -0.05) is 72.3 Å². The first-order valence-corrected chi connectivity index (χ1v) is 13.3. The maximum atomic E-state index is 13.6. The summed E-state index contributed by atoms with van der Waals surface area (Å²) in [4.78, 5) is 28.8. The maximum Gasteiger partial charge on any atom is 0.243 e. The van der Waals surface area contributed by atoms with Crippen molar-refractivity contribution in [1.82, 2.24) is 10.2 Å². The minimum absolute atomic E-state index is 0.123. The molecule has 6 heteroatoms. The summed E-state index contributed by atoms with van der Waals surface area (Å²) in [6.45, 7) is 8.04.